The number of aryl methyl sites for hydroxylation is 1. The quantitative estimate of drug-likeness (QED) is 0.866. The van der Waals surface area contributed by atoms with Crippen molar-refractivity contribution >= 4 is 5.82 Å². The maximum absolute atomic E-state index is 13.6. The number of nitrogens with two attached hydrogens (primary N) is 1. The third kappa shape index (κ3) is 2.81. The third-order valence-electron chi connectivity index (χ3n) is 2.65. The Morgan fingerprint density at radius 1 is 1.28 bits per heavy atom. The molecule has 94 valence electrons. The van der Waals surface area contributed by atoms with Crippen molar-refractivity contribution in [2.75, 3.05) is 5.32 Å². The van der Waals surface area contributed by atoms with Gasteiger partial charge in [-0.3, -0.25) is 0 Å². The minimum atomic E-state index is -0.410. The highest BCUT2D eigenvalue weighted by Crippen LogP contribution is 2.13. The van der Waals surface area contributed by atoms with Crippen molar-refractivity contribution in [3.8, 4) is 0 Å². The standard InChI is InChI=1S/C13H15FN4/c1-9-12(14)13(18-8-17-9)16-7-11-4-2-3-10(5-11)6-15/h2-5,8H,6-7,15H2,1H3,(H,16,17,18). The highest BCUT2D eigenvalue weighted by atomic mass is 19.1. The number of anilines is 1. The fourth-order valence-electron chi connectivity index (χ4n) is 1.63. The van der Waals surface area contributed by atoms with Crippen LogP contribution in [0.1, 0.15) is 16.8 Å². The molecule has 0 aliphatic heterocycles. The van der Waals surface area contributed by atoms with E-state index in [9.17, 15) is 4.39 Å². The fourth-order valence-corrected chi connectivity index (χ4v) is 1.63. The van der Waals surface area contributed by atoms with Crippen LogP contribution in [-0.4, -0.2) is 9.97 Å². The number of nitrogens with zero attached hydrogens (tertiary/aromatic N) is 2. The molecule has 0 unspecified atom stereocenters. The van der Waals surface area contributed by atoms with Crippen LogP contribution in [0, 0.1) is 12.7 Å². The average molecular weight is 246 g/mol. The van der Waals surface area contributed by atoms with Gasteiger partial charge in [0.05, 0.1) is 5.69 Å². The minimum Gasteiger partial charge on any atom is -0.363 e. The Kier molecular flexibility index (Phi) is 3.84. The van der Waals surface area contributed by atoms with Crippen molar-refractivity contribution in [3.63, 3.8) is 0 Å². The number of hydrogen-bond donors (Lipinski definition) is 2. The van der Waals surface area contributed by atoms with Crippen LogP contribution >= 0.6 is 0 Å². The zero-order valence-corrected chi connectivity index (χ0v) is 10.2. The summed E-state index contributed by atoms with van der Waals surface area (Å²) in [6.45, 7) is 2.60. The van der Waals surface area contributed by atoms with Gasteiger partial charge in [-0.1, -0.05) is 24.3 Å². The van der Waals surface area contributed by atoms with Crippen molar-refractivity contribution in [1.82, 2.24) is 9.97 Å². The second-order valence-electron chi connectivity index (χ2n) is 4.00. The van der Waals surface area contributed by atoms with Crippen LogP contribution in [0.2, 0.25) is 0 Å². The second-order valence-corrected chi connectivity index (χ2v) is 4.00. The molecule has 0 amide bonds. The van der Waals surface area contributed by atoms with Gasteiger partial charge >= 0.3 is 0 Å². The first kappa shape index (κ1) is 12.4. The Hall–Kier alpha value is -2.01. The van der Waals surface area contributed by atoms with E-state index in [1.807, 2.05) is 24.3 Å². The van der Waals surface area contributed by atoms with E-state index < -0.39 is 5.82 Å². The molecule has 2 rings (SSSR count). The lowest BCUT2D eigenvalue weighted by molar-refractivity contribution is 0.604. The van der Waals surface area contributed by atoms with Crippen molar-refractivity contribution < 1.29 is 4.39 Å². The first-order valence-electron chi connectivity index (χ1n) is 5.69. The molecule has 0 atom stereocenters. The predicted molar refractivity (Wildman–Crippen MR) is 68.4 cm³/mol. The van der Waals surface area contributed by atoms with Gasteiger partial charge in [-0.15, -0.1) is 0 Å². The summed E-state index contributed by atoms with van der Waals surface area (Å²) < 4.78 is 13.6. The van der Waals surface area contributed by atoms with E-state index in [-0.39, 0.29) is 5.82 Å². The number of hydrogen-bond acceptors (Lipinski definition) is 4. The van der Waals surface area contributed by atoms with Crippen molar-refractivity contribution in [3.05, 3.63) is 53.2 Å². The number of aromatic nitrogens is 2. The summed E-state index contributed by atoms with van der Waals surface area (Å²) in [6, 6.07) is 7.83. The lowest BCUT2D eigenvalue weighted by Crippen LogP contribution is -2.06. The predicted octanol–water partition coefficient (Wildman–Crippen LogP) is 1.99. The minimum absolute atomic E-state index is 0.223. The smallest absolute Gasteiger partial charge is 0.186 e. The molecule has 0 saturated carbocycles. The summed E-state index contributed by atoms with van der Waals surface area (Å²) in [5, 5.41) is 2.95. The van der Waals surface area contributed by atoms with E-state index in [1.165, 1.54) is 6.33 Å². The third-order valence-corrected chi connectivity index (χ3v) is 2.65. The monoisotopic (exact) mass is 246 g/mol. The fraction of sp³-hybridized carbons (Fsp3) is 0.231. The van der Waals surface area contributed by atoms with Crippen LogP contribution in [0.4, 0.5) is 10.2 Å². The highest BCUT2D eigenvalue weighted by Gasteiger charge is 2.06. The Balaban J connectivity index is 2.09. The lowest BCUT2D eigenvalue weighted by atomic mass is 10.1. The topological polar surface area (TPSA) is 63.8 Å². The molecule has 0 radical (unpaired) electrons. The normalized spacial score (nSPS) is 10.4. The molecule has 4 nitrogen and oxygen atoms in total. The molecule has 5 heteroatoms. The molecule has 3 N–H and O–H groups in total. The number of nitrogens with one attached hydrogen (secondary N) is 1. The molecule has 0 aliphatic rings. The molecule has 0 aliphatic carbocycles. The SMILES string of the molecule is Cc1ncnc(NCc2cccc(CN)c2)c1F. The van der Waals surface area contributed by atoms with Gasteiger partial charge in [-0.25, -0.2) is 14.4 Å². The van der Waals surface area contributed by atoms with E-state index in [0.717, 1.165) is 11.1 Å². The van der Waals surface area contributed by atoms with Crippen LogP contribution in [0.25, 0.3) is 0 Å². The van der Waals surface area contributed by atoms with E-state index in [4.69, 9.17) is 5.73 Å². The molecule has 2 aromatic rings. The molecule has 0 bridgehead atoms. The van der Waals surface area contributed by atoms with Gasteiger partial charge in [0, 0.05) is 13.1 Å². The van der Waals surface area contributed by atoms with Crippen LogP contribution < -0.4 is 11.1 Å². The molecule has 1 aromatic heterocycles. The maximum atomic E-state index is 13.6. The van der Waals surface area contributed by atoms with Gasteiger partial charge in [-0.2, -0.15) is 0 Å². The lowest BCUT2D eigenvalue weighted by Gasteiger charge is -2.08. The Morgan fingerprint density at radius 3 is 2.83 bits per heavy atom. The summed E-state index contributed by atoms with van der Waals surface area (Å²) in [4.78, 5) is 7.65. The Morgan fingerprint density at radius 2 is 2.06 bits per heavy atom. The highest BCUT2D eigenvalue weighted by molar-refractivity contribution is 5.38. The van der Waals surface area contributed by atoms with Gasteiger partial charge in [-0.05, 0) is 18.1 Å². The second kappa shape index (κ2) is 5.55. The zero-order chi connectivity index (χ0) is 13.0. The molecule has 0 saturated heterocycles. The molecule has 0 fully saturated rings. The molecular formula is C13H15FN4. The molecule has 1 aromatic carbocycles. The maximum Gasteiger partial charge on any atom is 0.186 e. The zero-order valence-electron chi connectivity index (χ0n) is 10.2. The first-order chi connectivity index (χ1) is 8.70. The van der Waals surface area contributed by atoms with Crippen molar-refractivity contribution in [2.24, 2.45) is 5.73 Å². The van der Waals surface area contributed by atoms with Gasteiger partial charge in [0.15, 0.2) is 11.6 Å². The summed E-state index contributed by atoms with van der Waals surface area (Å²) >= 11 is 0. The van der Waals surface area contributed by atoms with E-state index in [1.54, 1.807) is 6.92 Å². The first-order valence-corrected chi connectivity index (χ1v) is 5.69. The van der Waals surface area contributed by atoms with Gasteiger partial charge < -0.3 is 11.1 Å². The van der Waals surface area contributed by atoms with Gasteiger partial charge in [0.25, 0.3) is 0 Å². The van der Waals surface area contributed by atoms with E-state index in [2.05, 4.69) is 15.3 Å². The number of rotatable bonds is 4. The molecule has 0 spiro atoms. The van der Waals surface area contributed by atoms with Gasteiger partial charge in [0.1, 0.15) is 6.33 Å². The van der Waals surface area contributed by atoms with Crippen LogP contribution in [0.3, 0.4) is 0 Å². The summed E-state index contributed by atoms with van der Waals surface area (Å²) in [7, 11) is 0. The summed E-state index contributed by atoms with van der Waals surface area (Å²) in [5.74, 6) is -0.187. The molecule has 18 heavy (non-hydrogen) atoms. The van der Waals surface area contributed by atoms with Crippen LogP contribution in [0.15, 0.2) is 30.6 Å². The van der Waals surface area contributed by atoms with Crippen molar-refractivity contribution in [1.29, 1.82) is 0 Å². The Bertz CT molecular complexity index is 542. The number of halogens is 1. The van der Waals surface area contributed by atoms with E-state index >= 15 is 0 Å². The van der Waals surface area contributed by atoms with Gasteiger partial charge in [0.2, 0.25) is 0 Å². The van der Waals surface area contributed by atoms with E-state index in [0.29, 0.717) is 18.8 Å². The van der Waals surface area contributed by atoms with Crippen molar-refractivity contribution in [2.45, 2.75) is 20.0 Å². The average Bonchev–Trinajstić information content (AvgIpc) is 2.41. The number of benzene rings is 1. The van der Waals surface area contributed by atoms with Crippen LogP contribution in [0.5, 0.6) is 0 Å². The molecule has 1 heterocycles. The Labute approximate surface area is 105 Å². The largest absolute Gasteiger partial charge is 0.363 e. The summed E-state index contributed by atoms with van der Waals surface area (Å²) in [5.41, 5.74) is 7.99. The van der Waals surface area contributed by atoms with Crippen LogP contribution in [-0.2, 0) is 13.1 Å². The molecular weight excluding hydrogens is 231 g/mol. The summed E-state index contributed by atoms with van der Waals surface area (Å²) in [6.07, 6.45) is 1.34.